The van der Waals surface area contributed by atoms with Gasteiger partial charge in [-0.2, -0.15) is 0 Å². The van der Waals surface area contributed by atoms with Crippen LogP contribution in [0.1, 0.15) is 10.4 Å². The Bertz CT molecular complexity index is 675. The first-order valence-electron chi connectivity index (χ1n) is 6.08. The topological polar surface area (TPSA) is 104 Å². The summed E-state index contributed by atoms with van der Waals surface area (Å²) in [5.41, 5.74) is -0.381. The van der Waals surface area contributed by atoms with Crippen LogP contribution in [0.4, 0.5) is 14.9 Å². The Morgan fingerprint density at radius 1 is 1.24 bits per heavy atom. The normalized spacial score (nSPS) is 17.3. The van der Waals surface area contributed by atoms with Crippen LogP contribution in [0, 0.1) is 5.82 Å². The molecule has 0 spiro atoms. The molecule has 2 amide bonds. The fourth-order valence-corrected chi connectivity index (χ4v) is 3.06. The molecule has 0 bridgehead atoms. The van der Waals surface area contributed by atoms with Gasteiger partial charge in [-0.15, -0.1) is 0 Å². The van der Waals surface area contributed by atoms with Crippen molar-refractivity contribution in [2.75, 3.05) is 29.9 Å². The lowest BCUT2D eigenvalue weighted by Crippen LogP contribution is -2.45. The Balaban J connectivity index is 2.05. The standard InChI is InChI=1S/C12H13FN2O5S/c13-9-7-8(11(16)17)1-2-10(9)14-12(18)15-3-5-21(19,20)6-4-15/h1-2,7H,3-6H2,(H,14,18)(H,16,17). The number of amides is 2. The third kappa shape index (κ3) is 3.69. The van der Waals surface area contributed by atoms with Crippen molar-refractivity contribution in [1.29, 1.82) is 0 Å². The quantitative estimate of drug-likeness (QED) is 0.839. The molecule has 1 heterocycles. The molecular weight excluding hydrogens is 303 g/mol. The molecule has 2 N–H and O–H groups in total. The monoisotopic (exact) mass is 316 g/mol. The lowest BCUT2D eigenvalue weighted by molar-refractivity contribution is 0.0696. The maximum absolute atomic E-state index is 13.7. The highest BCUT2D eigenvalue weighted by molar-refractivity contribution is 7.91. The van der Waals surface area contributed by atoms with Gasteiger partial charge in [0.1, 0.15) is 5.82 Å². The summed E-state index contributed by atoms with van der Waals surface area (Å²) in [4.78, 5) is 23.8. The highest BCUT2D eigenvalue weighted by Crippen LogP contribution is 2.17. The van der Waals surface area contributed by atoms with E-state index in [4.69, 9.17) is 5.11 Å². The lowest BCUT2D eigenvalue weighted by Gasteiger charge is -2.26. The molecule has 0 aromatic heterocycles. The van der Waals surface area contributed by atoms with Crippen LogP contribution in [0.2, 0.25) is 0 Å². The number of benzene rings is 1. The number of carbonyl (C=O) groups is 2. The smallest absolute Gasteiger partial charge is 0.335 e. The molecule has 21 heavy (non-hydrogen) atoms. The number of nitrogens with one attached hydrogen (secondary N) is 1. The first kappa shape index (κ1) is 15.2. The van der Waals surface area contributed by atoms with E-state index in [9.17, 15) is 22.4 Å². The van der Waals surface area contributed by atoms with Crippen molar-refractivity contribution in [1.82, 2.24) is 4.90 Å². The van der Waals surface area contributed by atoms with Gasteiger partial charge >= 0.3 is 12.0 Å². The van der Waals surface area contributed by atoms with E-state index in [-0.39, 0.29) is 35.8 Å². The second kappa shape index (κ2) is 5.68. The maximum Gasteiger partial charge on any atom is 0.335 e. The molecule has 1 fully saturated rings. The Labute approximate surface area is 120 Å². The predicted molar refractivity (Wildman–Crippen MR) is 72.6 cm³/mol. The van der Waals surface area contributed by atoms with Crippen molar-refractivity contribution >= 4 is 27.5 Å². The van der Waals surface area contributed by atoms with Gasteiger partial charge in [0.15, 0.2) is 9.84 Å². The van der Waals surface area contributed by atoms with Crippen LogP contribution in [0.5, 0.6) is 0 Å². The lowest BCUT2D eigenvalue weighted by atomic mass is 10.2. The van der Waals surface area contributed by atoms with Gasteiger partial charge in [-0.05, 0) is 18.2 Å². The Kier molecular flexibility index (Phi) is 4.12. The molecule has 0 unspecified atom stereocenters. The minimum atomic E-state index is -3.11. The summed E-state index contributed by atoms with van der Waals surface area (Å²) in [5.74, 6) is -2.39. The molecule has 0 radical (unpaired) electrons. The highest BCUT2D eigenvalue weighted by atomic mass is 32.2. The van der Waals surface area contributed by atoms with Gasteiger partial charge in [-0.3, -0.25) is 0 Å². The number of rotatable bonds is 2. The van der Waals surface area contributed by atoms with Crippen molar-refractivity contribution < 1.29 is 27.5 Å². The molecule has 1 aromatic rings. The van der Waals surface area contributed by atoms with Crippen LogP contribution in [-0.2, 0) is 9.84 Å². The van der Waals surface area contributed by atoms with Gasteiger partial charge in [-0.1, -0.05) is 0 Å². The Morgan fingerprint density at radius 3 is 2.38 bits per heavy atom. The fourth-order valence-electron chi connectivity index (χ4n) is 1.86. The average molecular weight is 316 g/mol. The number of halogens is 1. The van der Waals surface area contributed by atoms with E-state index in [1.807, 2.05) is 0 Å². The van der Waals surface area contributed by atoms with Crippen LogP contribution in [0.3, 0.4) is 0 Å². The van der Waals surface area contributed by atoms with E-state index in [2.05, 4.69) is 5.32 Å². The number of aromatic carboxylic acids is 1. The van der Waals surface area contributed by atoms with E-state index in [0.29, 0.717) is 0 Å². The zero-order chi connectivity index (χ0) is 15.6. The molecule has 1 aromatic carbocycles. The second-order valence-electron chi connectivity index (χ2n) is 4.57. The zero-order valence-corrected chi connectivity index (χ0v) is 11.7. The third-order valence-corrected chi connectivity index (χ3v) is 4.70. The summed E-state index contributed by atoms with van der Waals surface area (Å²) in [6.45, 7) is 0.0893. The molecule has 0 atom stereocenters. The van der Waals surface area contributed by atoms with E-state index in [0.717, 1.165) is 12.1 Å². The van der Waals surface area contributed by atoms with Gasteiger partial charge in [0.2, 0.25) is 0 Å². The molecule has 0 saturated carbocycles. The number of urea groups is 1. The molecule has 1 aliphatic heterocycles. The van der Waals surface area contributed by atoms with Crippen molar-refractivity contribution in [2.24, 2.45) is 0 Å². The first-order chi connectivity index (χ1) is 9.78. The Hall–Kier alpha value is -2.16. The van der Waals surface area contributed by atoms with Crippen LogP contribution >= 0.6 is 0 Å². The molecule has 114 valence electrons. The summed E-state index contributed by atoms with van der Waals surface area (Å²) in [6.07, 6.45) is 0. The van der Waals surface area contributed by atoms with E-state index in [1.54, 1.807) is 0 Å². The minimum Gasteiger partial charge on any atom is -0.478 e. The van der Waals surface area contributed by atoms with Crippen LogP contribution < -0.4 is 5.32 Å². The van der Waals surface area contributed by atoms with Gasteiger partial charge in [0.05, 0.1) is 22.8 Å². The van der Waals surface area contributed by atoms with E-state index < -0.39 is 27.7 Å². The van der Waals surface area contributed by atoms with Crippen molar-refractivity contribution in [2.45, 2.75) is 0 Å². The second-order valence-corrected chi connectivity index (χ2v) is 6.87. The number of hydrogen-bond donors (Lipinski definition) is 2. The minimum absolute atomic E-state index is 0.0446. The van der Waals surface area contributed by atoms with Crippen LogP contribution in [0.15, 0.2) is 18.2 Å². The number of carboxylic acid groups (broad SMARTS) is 1. The van der Waals surface area contributed by atoms with Gasteiger partial charge in [0, 0.05) is 13.1 Å². The molecular formula is C12H13FN2O5S. The molecule has 0 aliphatic carbocycles. The number of nitrogens with zero attached hydrogens (tertiary/aromatic N) is 1. The van der Waals surface area contributed by atoms with Crippen LogP contribution in [-0.4, -0.2) is 55.0 Å². The zero-order valence-electron chi connectivity index (χ0n) is 10.9. The van der Waals surface area contributed by atoms with Gasteiger partial charge < -0.3 is 15.3 Å². The number of carbonyl (C=O) groups excluding carboxylic acids is 1. The summed E-state index contributed by atoms with van der Waals surface area (Å²) in [6, 6.07) is 2.50. The average Bonchev–Trinajstić information content (AvgIpc) is 2.40. The van der Waals surface area contributed by atoms with E-state index in [1.165, 1.54) is 11.0 Å². The van der Waals surface area contributed by atoms with E-state index >= 15 is 0 Å². The Morgan fingerprint density at radius 2 is 1.86 bits per heavy atom. The highest BCUT2D eigenvalue weighted by Gasteiger charge is 2.25. The number of anilines is 1. The van der Waals surface area contributed by atoms with Gasteiger partial charge in [-0.25, -0.2) is 22.4 Å². The van der Waals surface area contributed by atoms with Crippen LogP contribution in [0.25, 0.3) is 0 Å². The maximum atomic E-state index is 13.7. The summed E-state index contributed by atoms with van der Waals surface area (Å²) < 4.78 is 36.2. The third-order valence-electron chi connectivity index (χ3n) is 3.09. The van der Waals surface area contributed by atoms with Crippen molar-refractivity contribution in [3.63, 3.8) is 0 Å². The summed E-state index contributed by atoms with van der Waals surface area (Å²) in [7, 11) is -3.11. The molecule has 1 saturated heterocycles. The molecule has 7 nitrogen and oxygen atoms in total. The van der Waals surface area contributed by atoms with Crippen molar-refractivity contribution in [3.8, 4) is 0 Å². The van der Waals surface area contributed by atoms with Crippen molar-refractivity contribution in [3.05, 3.63) is 29.6 Å². The largest absolute Gasteiger partial charge is 0.478 e. The fraction of sp³-hybridized carbons (Fsp3) is 0.333. The molecule has 2 rings (SSSR count). The molecule has 1 aliphatic rings. The first-order valence-corrected chi connectivity index (χ1v) is 7.90. The predicted octanol–water partition coefficient (Wildman–Crippen LogP) is 0.786. The number of carboxylic acids is 1. The number of hydrogen-bond acceptors (Lipinski definition) is 4. The summed E-state index contributed by atoms with van der Waals surface area (Å²) >= 11 is 0. The molecule has 9 heteroatoms. The van der Waals surface area contributed by atoms with Gasteiger partial charge in [0.25, 0.3) is 0 Å². The SMILES string of the molecule is O=C(O)c1ccc(NC(=O)N2CCS(=O)(=O)CC2)c(F)c1. The number of sulfone groups is 1. The summed E-state index contributed by atoms with van der Waals surface area (Å²) in [5, 5.41) is 11.0.